The van der Waals surface area contributed by atoms with Gasteiger partial charge in [0.05, 0.1) is 12.9 Å². The fraction of sp³-hybridized carbons (Fsp3) is 0.308. The lowest BCUT2D eigenvalue weighted by atomic mass is 10.0. The number of benzene rings is 3. The molecule has 0 aliphatic carbocycles. The van der Waals surface area contributed by atoms with E-state index < -0.39 is 10.0 Å². The lowest BCUT2D eigenvalue weighted by Crippen LogP contribution is -2.35. The molecule has 0 saturated heterocycles. The van der Waals surface area contributed by atoms with Crippen molar-refractivity contribution in [3.8, 4) is 11.5 Å². The van der Waals surface area contributed by atoms with Gasteiger partial charge >= 0.3 is 0 Å². The summed E-state index contributed by atoms with van der Waals surface area (Å²) < 4.78 is 36.8. The van der Waals surface area contributed by atoms with Crippen LogP contribution in [0.5, 0.6) is 11.5 Å². The third-order valence-corrected chi connectivity index (χ3v) is 6.92. The van der Waals surface area contributed by atoms with Crippen molar-refractivity contribution in [2.75, 3.05) is 19.4 Å². The van der Waals surface area contributed by atoms with Crippen molar-refractivity contribution >= 4 is 10.0 Å². The fourth-order valence-electron chi connectivity index (χ4n) is 3.84. The average molecular weight is 452 g/mol. The zero-order chi connectivity index (χ0) is 22.4. The average Bonchev–Trinajstić information content (AvgIpc) is 2.81. The Morgan fingerprint density at radius 3 is 2.34 bits per heavy atom. The second-order valence-corrected chi connectivity index (χ2v) is 10.1. The van der Waals surface area contributed by atoms with Crippen molar-refractivity contribution in [3.05, 3.63) is 95.1 Å². The molecule has 0 atom stereocenters. The summed E-state index contributed by atoms with van der Waals surface area (Å²) in [4.78, 5) is 0. The predicted octanol–water partition coefficient (Wildman–Crippen LogP) is 4.59. The van der Waals surface area contributed by atoms with Gasteiger partial charge in [-0.05, 0) is 65.8 Å². The molecule has 5 nitrogen and oxygen atoms in total. The van der Waals surface area contributed by atoms with Crippen molar-refractivity contribution in [2.24, 2.45) is 0 Å². The number of rotatable bonds is 9. The molecule has 0 spiro atoms. The van der Waals surface area contributed by atoms with Crippen LogP contribution >= 0.6 is 0 Å². The van der Waals surface area contributed by atoms with Crippen LogP contribution in [-0.4, -0.2) is 32.1 Å². The largest absolute Gasteiger partial charge is 0.494 e. The van der Waals surface area contributed by atoms with Crippen molar-refractivity contribution < 1.29 is 17.9 Å². The number of ether oxygens (including phenoxy) is 2. The van der Waals surface area contributed by atoms with Gasteiger partial charge in [-0.3, -0.25) is 0 Å². The number of sulfonamides is 1. The molecule has 6 heteroatoms. The molecule has 0 N–H and O–H groups in total. The molecule has 32 heavy (non-hydrogen) atoms. The minimum atomic E-state index is -3.15. The van der Waals surface area contributed by atoms with Crippen LogP contribution in [0.4, 0.5) is 0 Å². The normalized spacial score (nSPS) is 14.0. The van der Waals surface area contributed by atoms with Gasteiger partial charge in [0.15, 0.2) is 0 Å². The molecule has 0 unspecified atom stereocenters. The first kappa shape index (κ1) is 22.4. The highest BCUT2D eigenvalue weighted by atomic mass is 32.2. The first-order valence-corrected chi connectivity index (χ1v) is 12.8. The van der Waals surface area contributed by atoms with Crippen LogP contribution in [0, 0.1) is 0 Å². The second kappa shape index (κ2) is 10.2. The molecule has 0 amide bonds. The number of hydrogen-bond acceptors (Lipinski definition) is 4. The van der Waals surface area contributed by atoms with Gasteiger partial charge in [0.2, 0.25) is 10.0 Å². The molecule has 0 saturated carbocycles. The van der Waals surface area contributed by atoms with E-state index in [-0.39, 0.29) is 0 Å². The first-order valence-electron chi connectivity index (χ1n) is 10.9. The molecular formula is C26H29NO4S. The molecule has 0 aromatic heterocycles. The standard InChI is InChI=1S/C26H29NO4S/c1-32(28,29)27-16-15-23-18-26(14-11-24(23)19-27)30-17-5-8-21-9-12-25(13-10-21)31-20-22-6-3-2-4-7-22/h2-4,6-7,9-14,18H,5,8,15-17,19-20H2,1H3. The summed E-state index contributed by atoms with van der Waals surface area (Å²) in [6, 6.07) is 24.4. The fourth-order valence-corrected chi connectivity index (χ4v) is 4.63. The van der Waals surface area contributed by atoms with Gasteiger partial charge in [-0.1, -0.05) is 48.5 Å². The zero-order valence-electron chi connectivity index (χ0n) is 18.4. The first-order chi connectivity index (χ1) is 15.5. The van der Waals surface area contributed by atoms with E-state index in [0.29, 0.717) is 26.3 Å². The quantitative estimate of drug-likeness (QED) is 0.447. The highest BCUT2D eigenvalue weighted by Crippen LogP contribution is 2.25. The van der Waals surface area contributed by atoms with Gasteiger partial charge in [-0.2, -0.15) is 4.31 Å². The van der Waals surface area contributed by atoms with E-state index >= 15 is 0 Å². The Morgan fingerprint density at radius 1 is 0.844 bits per heavy atom. The smallest absolute Gasteiger partial charge is 0.211 e. The molecule has 168 valence electrons. The number of nitrogens with zero attached hydrogens (tertiary/aromatic N) is 1. The van der Waals surface area contributed by atoms with Crippen molar-refractivity contribution in [1.82, 2.24) is 4.31 Å². The van der Waals surface area contributed by atoms with E-state index in [1.807, 2.05) is 48.5 Å². The molecule has 1 aliphatic heterocycles. The number of aryl methyl sites for hydroxylation is 1. The summed E-state index contributed by atoms with van der Waals surface area (Å²) in [7, 11) is -3.15. The van der Waals surface area contributed by atoms with Gasteiger partial charge in [0.25, 0.3) is 0 Å². The maximum absolute atomic E-state index is 11.8. The van der Waals surface area contributed by atoms with Crippen LogP contribution in [0.15, 0.2) is 72.8 Å². The molecule has 3 aromatic carbocycles. The van der Waals surface area contributed by atoms with Crippen LogP contribution < -0.4 is 9.47 Å². The minimum Gasteiger partial charge on any atom is -0.494 e. The maximum atomic E-state index is 11.8. The van der Waals surface area contributed by atoms with E-state index in [0.717, 1.165) is 41.9 Å². The van der Waals surface area contributed by atoms with E-state index in [4.69, 9.17) is 9.47 Å². The van der Waals surface area contributed by atoms with Crippen LogP contribution in [0.1, 0.15) is 28.7 Å². The van der Waals surface area contributed by atoms with E-state index in [1.54, 1.807) is 0 Å². The highest BCUT2D eigenvalue weighted by Gasteiger charge is 2.23. The van der Waals surface area contributed by atoms with Crippen LogP contribution in [0.25, 0.3) is 0 Å². The van der Waals surface area contributed by atoms with E-state index in [1.165, 1.54) is 21.7 Å². The molecule has 0 fully saturated rings. The molecule has 4 rings (SSSR count). The van der Waals surface area contributed by atoms with Gasteiger partial charge < -0.3 is 9.47 Å². The SMILES string of the molecule is CS(=O)(=O)N1CCc2cc(OCCCc3ccc(OCc4ccccc4)cc3)ccc2C1. The summed E-state index contributed by atoms with van der Waals surface area (Å²) in [5.41, 5.74) is 4.65. The van der Waals surface area contributed by atoms with Crippen molar-refractivity contribution in [3.63, 3.8) is 0 Å². The Labute approximate surface area is 190 Å². The molecule has 1 aliphatic rings. The monoisotopic (exact) mass is 451 g/mol. The topological polar surface area (TPSA) is 55.8 Å². The summed E-state index contributed by atoms with van der Waals surface area (Å²) in [6.45, 7) is 2.18. The van der Waals surface area contributed by atoms with E-state index in [9.17, 15) is 8.42 Å². The van der Waals surface area contributed by atoms with Gasteiger partial charge in [-0.25, -0.2) is 8.42 Å². The third kappa shape index (κ3) is 6.11. The lowest BCUT2D eigenvalue weighted by molar-refractivity contribution is 0.305. The Bertz CT molecular complexity index is 1130. The summed E-state index contributed by atoms with van der Waals surface area (Å²) in [5.74, 6) is 1.72. The molecule has 3 aromatic rings. The summed E-state index contributed by atoms with van der Waals surface area (Å²) in [6.07, 6.45) is 3.84. The van der Waals surface area contributed by atoms with Crippen molar-refractivity contribution in [2.45, 2.75) is 32.4 Å². The minimum absolute atomic E-state index is 0.444. The lowest BCUT2D eigenvalue weighted by Gasteiger charge is -2.27. The van der Waals surface area contributed by atoms with Crippen LogP contribution in [0.2, 0.25) is 0 Å². The van der Waals surface area contributed by atoms with Gasteiger partial charge in [-0.15, -0.1) is 0 Å². The highest BCUT2D eigenvalue weighted by molar-refractivity contribution is 7.88. The Kier molecular flexibility index (Phi) is 7.12. The molecule has 0 bridgehead atoms. The Morgan fingerprint density at radius 2 is 1.59 bits per heavy atom. The molecule has 0 radical (unpaired) electrons. The summed E-state index contributed by atoms with van der Waals surface area (Å²) >= 11 is 0. The Hall–Kier alpha value is -2.83. The van der Waals surface area contributed by atoms with Crippen LogP contribution in [0.3, 0.4) is 0 Å². The predicted molar refractivity (Wildman–Crippen MR) is 126 cm³/mol. The number of fused-ring (bicyclic) bond motifs is 1. The summed E-state index contributed by atoms with van der Waals surface area (Å²) in [5, 5.41) is 0. The van der Waals surface area contributed by atoms with Gasteiger partial charge in [0.1, 0.15) is 18.1 Å². The van der Waals surface area contributed by atoms with E-state index in [2.05, 4.69) is 24.3 Å². The van der Waals surface area contributed by atoms with Crippen molar-refractivity contribution in [1.29, 1.82) is 0 Å². The Balaban J connectivity index is 1.21. The second-order valence-electron chi connectivity index (χ2n) is 8.15. The van der Waals surface area contributed by atoms with Gasteiger partial charge in [0, 0.05) is 13.1 Å². The molecule has 1 heterocycles. The van der Waals surface area contributed by atoms with Crippen LogP contribution in [-0.2, 0) is 36.0 Å². The zero-order valence-corrected chi connectivity index (χ0v) is 19.2. The third-order valence-electron chi connectivity index (χ3n) is 5.67. The molecular weight excluding hydrogens is 422 g/mol. The maximum Gasteiger partial charge on any atom is 0.211 e. The number of hydrogen-bond donors (Lipinski definition) is 0.